The molecule has 0 amide bonds. The van der Waals surface area contributed by atoms with Gasteiger partial charge < -0.3 is 31.8 Å². The molecule has 0 spiro atoms. The minimum absolute atomic E-state index is 0.100. The summed E-state index contributed by atoms with van der Waals surface area (Å²) in [5, 5.41) is 8.79. The van der Waals surface area contributed by atoms with Gasteiger partial charge in [0.15, 0.2) is 0 Å². The maximum Gasteiger partial charge on any atom is 0.332 e. The van der Waals surface area contributed by atoms with Gasteiger partial charge in [-0.25, -0.2) is 4.79 Å². The number of nitrogens with two attached hydrogens (primary N) is 3. The van der Waals surface area contributed by atoms with Crippen LogP contribution in [0.25, 0.3) is 0 Å². The van der Waals surface area contributed by atoms with Crippen LogP contribution in [0.1, 0.15) is 12.5 Å². The summed E-state index contributed by atoms with van der Waals surface area (Å²) in [6.45, 7) is 1.45. The van der Waals surface area contributed by atoms with Crippen LogP contribution in [-0.2, 0) is 25.5 Å². The highest BCUT2D eigenvalue weighted by Gasteiger charge is 2.27. The first-order valence-electron chi connectivity index (χ1n) is 7.77. The van der Waals surface area contributed by atoms with Gasteiger partial charge in [-0.3, -0.25) is 9.59 Å². The van der Waals surface area contributed by atoms with Gasteiger partial charge in [0.2, 0.25) is 0 Å². The fourth-order valence-electron chi connectivity index (χ4n) is 1.83. The number of carboxylic acid groups (broad SMARTS) is 1. The Morgan fingerprint density at radius 1 is 1.08 bits per heavy atom. The standard InChI is InChI=1S/C16H23N3O6S/c1-8(24-15(22)12(18)7-26)13(19)16(23)25-10-4-2-9(3-5-10)6-11(17)14(20)21/h2-5,8,11-13,26H,6-7,17-19H2,1H3,(H,20,21)/t8-,11+,12+,13+/m1/s1. The molecular formula is C16H23N3O6S. The van der Waals surface area contributed by atoms with Crippen LogP contribution in [0.5, 0.6) is 5.75 Å². The molecule has 144 valence electrons. The molecule has 1 aromatic rings. The zero-order chi connectivity index (χ0) is 19.9. The molecule has 0 bridgehead atoms. The summed E-state index contributed by atoms with van der Waals surface area (Å²) < 4.78 is 10.1. The Bertz CT molecular complexity index is 639. The molecular weight excluding hydrogens is 362 g/mol. The summed E-state index contributed by atoms with van der Waals surface area (Å²) in [7, 11) is 0. The lowest BCUT2D eigenvalue weighted by molar-refractivity contribution is -0.153. The van der Waals surface area contributed by atoms with Crippen LogP contribution < -0.4 is 21.9 Å². The van der Waals surface area contributed by atoms with E-state index in [0.29, 0.717) is 5.56 Å². The van der Waals surface area contributed by atoms with Crippen molar-refractivity contribution in [3.63, 3.8) is 0 Å². The van der Waals surface area contributed by atoms with Gasteiger partial charge in [-0.05, 0) is 31.0 Å². The van der Waals surface area contributed by atoms with Crippen molar-refractivity contribution >= 4 is 30.5 Å². The molecule has 4 atom stereocenters. The first kappa shape index (κ1) is 21.9. The van der Waals surface area contributed by atoms with Gasteiger partial charge in [0.1, 0.15) is 30.0 Å². The summed E-state index contributed by atoms with van der Waals surface area (Å²) in [6.07, 6.45) is -0.796. The number of esters is 2. The van der Waals surface area contributed by atoms with Gasteiger partial charge in [-0.1, -0.05) is 12.1 Å². The Hall–Kier alpha value is -2.14. The largest absolute Gasteiger partial charge is 0.480 e. The van der Waals surface area contributed by atoms with Gasteiger partial charge in [0.25, 0.3) is 0 Å². The van der Waals surface area contributed by atoms with Crippen molar-refractivity contribution in [3.05, 3.63) is 29.8 Å². The monoisotopic (exact) mass is 385 g/mol. The molecule has 0 fully saturated rings. The Labute approximate surface area is 156 Å². The molecule has 1 aromatic carbocycles. The molecule has 0 unspecified atom stereocenters. The van der Waals surface area contributed by atoms with Gasteiger partial charge >= 0.3 is 17.9 Å². The van der Waals surface area contributed by atoms with Crippen LogP contribution >= 0.6 is 12.6 Å². The molecule has 0 saturated heterocycles. The summed E-state index contributed by atoms with van der Waals surface area (Å²) in [4.78, 5) is 34.4. The van der Waals surface area contributed by atoms with Crippen LogP contribution in [0.4, 0.5) is 0 Å². The van der Waals surface area contributed by atoms with Crippen LogP contribution in [0.2, 0.25) is 0 Å². The second-order valence-corrected chi connectivity index (χ2v) is 6.04. The van der Waals surface area contributed by atoms with Gasteiger partial charge in [-0.2, -0.15) is 12.6 Å². The summed E-state index contributed by atoms with van der Waals surface area (Å²) in [6, 6.07) is 3.03. The Morgan fingerprint density at radius 3 is 2.15 bits per heavy atom. The van der Waals surface area contributed by atoms with Crippen LogP contribution in [0, 0.1) is 0 Å². The van der Waals surface area contributed by atoms with E-state index < -0.39 is 42.1 Å². The summed E-state index contributed by atoms with van der Waals surface area (Å²) in [5.74, 6) is -2.30. The average Bonchev–Trinajstić information content (AvgIpc) is 2.61. The first-order chi connectivity index (χ1) is 12.1. The highest BCUT2D eigenvalue weighted by Crippen LogP contribution is 2.14. The number of thiol groups is 1. The fourth-order valence-corrected chi connectivity index (χ4v) is 1.98. The third-order valence-corrected chi connectivity index (χ3v) is 3.89. The van der Waals surface area contributed by atoms with Crippen molar-refractivity contribution in [2.75, 3.05) is 5.75 Å². The molecule has 0 radical (unpaired) electrons. The molecule has 0 heterocycles. The number of benzene rings is 1. The highest BCUT2D eigenvalue weighted by atomic mass is 32.1. The summed E-state index contributed by atoms with van der Waals surface area (Å²) >= 11 is 3.89. The number of ether oxygens (including phenoxy) is 2. The predicted octanol–water partition coefficient (Wildman–Crippen LogP) is -0.937. The smallest absolute Gasteiger partial charge is 0.332 e. The number of hydrogen-bond acceptors (Lipinski definition) is 9. The topological polar surface area (TPSA) is 168 Å². The number of aliphatic carboxylic acids is 1. The SMILES string of the molecule is C[C@@H](OC(=O)[C@@H](N)CS)[C@H](N)C(=O)Oc1ccc(C[C@H](N)C(=O)O)cc1. The van der Waals surface area contributed by atoms with E-state index >= 15 is 0 Å². The maximum absolute atomic E-state index is 12.0. The lowest BCUT2D eigenvalue weighted by Crippen LogP contribution is -2.47. The van der Waals surface area contributed by atoms with E-state index in [1.54, 1.807) is 12.1 Å². The maximum atomic E-state index is 12.0. The molecule has 0 saturated carbocycles. The van der Waals surface area contributed by atoms with E-state index in [1.807, 2.05) is 0 Å². The molecule has 10 heteroatoms. The van der Waals surface area contributed by atoms with Crippen LogP contribution in [0.15, 0.2) is 24.3 Å². The molecule has 0 aliphatic carbocycles. The average molecular weight is 385 g/mol. The minimum Gasteiger partial charge on any atom is -0.480 e. The lowest BCUT2D eigenvalue weighted by atomic mass is 10.1. The minimum atomic E-state index is -1.20. The number of carboxylic acids is 1. The van der Waals surface area contributed by atoms with Crippen molar-refractivity contribution in [2.24, 2.45) is 17.2 Å². The number of carbonyl (C=O) groups excluding carboxylic acids is 2. The van der Waals surface area contributed by atoms with Crippen molar-refractivity contribution in [1.29, 1.82) is 0 Å². The van der Waals surface area contributed by atoms with E-state index in [2.05, 4.69) is 12.6 Å². The van der Waals surface area contributed by atoms with Crippen molar-refractivity contribution in [1.82, 2.24) is 0 Å². The molecule has 26 heavy (non-hydrogen) atoms. The molecule has 9 nitrogen and oxygen atoms in total. The van der Waals surface area contributed by atoms with E-state index in [-0.39, 0.29) is 17.9 Å². The van der Waals surface area contributed by atoms with Crippen molar-refractivity contribution in [2.45, 2.75) is 37.6 Å². The van der Waals surface area contributed by atoms with Crippen molar-refractivity contribution < 1.29 is 29.0 Å². The Morgan fingerprint density at radius 2 is 1.65 bits per heavy atom. The fraction of sp³-hybridized carbons (Fsp3) is 0.438. The van der Waals surface area contributed by atoms with Crippen LogP contribution in [0.3, 0.4) is 0 Å². The number of carbonyl (C=O) groups is 3. The zero-order valence-electron chi connectivity index (χ0n) is 14.2. The van der Waals surface area contributed by atoms with Crippen LogP contribution in [-0.4, -0.2) is 53.0 Å². The normalized spacial score (nSPS) is 15.4. The second kappa shape index (κ2) is 10.1. The third-order valence-electron chi connectivity index (χ3n) is 3.49. The molecule has 0 aliphatic heterocycles. The zero-order valence-corrected chi connectivity index (χ0v) is 15.1. The van der Waals surface area contributed by atoms with E-state index in [1.165, 1.54) is 19.1 Å². The third kappa shape index (κ3) is 6.64. The van der Waals surface area contributed by atoms with Crippen molar-refractivity contribution in [3.8, 4) is 5.75 Å². The Balaban J connectivity index is 2.60. The van der Waals surface area contributed by atoms with E-state index in [9.17, 15) is 14.4 Å². The quantitative estimate of drug-likeness (QED) is 0.205. The Kier molecular flexibility index (Phi) is 8.52. The molecule has 7 N–H and O–H groups in total. The summed E-state index contributed by atoms with van der Waals surface area (Å²) in [5.41, 5.74) is 17.3. The molecule has 1 rings (SSSR count). The van der Waals surface area contributed by atoms with E-state index in [4.69, 9.17) is 31.8 Å². The van der Waals surface area contributed by atoms with E-state index in [0.717, 1.165) is 0 Å². The number of hydrogen-bond donors (Lipinski definition) is 5. The second-order valence-electron chi connectivity index (χ2n) is 5.67. The highest BCUT2D eigenvalue weighted by molar-refractivity contribution is 7.80. The molecule has 0 aliphatic rings. The number of rotatable bonds is 9. The predicted molar refractivity (Wildman–Crippen MR) is 96.8 cm³/mol. The van der Waals surface area contributed by atoms with Gasteiger partial charge in [0, 0.05) is 5.75 Å². The lowest BCUT2D eigenvalue weighted by Gasteiger charge is -2.20. The van der Waals surface area contributed by atoms with Gasteiger partial charge in [-0.15, -0.1) is 0 Å². The first-order valence-corrected chi connectivity index (χ1v) is 8.40. The molecule has 0 aromatic heterocycles. The van der Waals surface area contributed by atoms with Gasteiger partial charge in [0.05, 0.1) is 0 Å².